The van der Waals surface area contributed by atoms with Gasteiger partial charge in [-0.3, -0.25) is 0 Å². The van der Waals surface area contributed by atoms with Crippen LogP contribution in [-0.4, -0.2) is 46.8 Å². The van der Waals surface area contributed by atoms with Gasteiger partial charge >= 0.3 is 12.1 Å². The first kappa shape index (κ1) is 17.1. The summed E-state index contributed by atoms with van der Waals surface area (Å²) in [6, 6.07) is 6.97. The molecule has 6 heteroatoms. The molecule has 126 valence electrons. The van der Waals surface area contributed by atoms with Crippen molar-refractivity contribution in [3.63, 3.8) is 0 Å². The number of nitrogens with one attached hydrogen (secondary N) is 1. The third-order valence-corrected chi connectivity index (χ3v) is 3.65. The third-order valence-electron chi connectivity index (χ3n) is 3.65. The lowest BCUT2D eigenvalue weighted by molar-refractivity contribution is 0.0210. The Hall–Kier alpha value is -2.24. The van der Waals surface area contributed by atoms with Crippen molar-refractivity contribution in [3.05, 3.63) is 29.8 Å². The van der Waals surface area contributed by atoms with Crippen LogP contribution in [0.2, 0.25) is 0 Å². The molecular weight excluding hydrogens is 296 g/mol. The molecule has 0 atom stereocenters. The van der Waals surface area contributed by atoms with Gasteiger partial charge in [-0.2, -0.15) is 0 Å². The molecule has 1 fully saturated rings. The van der Waals surface area contributed by atoms with E-state index in [4.69, 9.17) is 9.84 Å². The minimum Gasteiger partial charge on any atom is -0.478 e. The van der Waals surface area contributed by atoms with Crippen LogP contribution in [-0.2, 0) is 4.74 Å². The van der Waals surface area contributed by atoms with E-state index in [0.717, 1.165) is 18.5 Å². The minimum atomic E-state index is -0.929. The normalized spacial score (nSPS) is 16.0. The quantitative estimate of drug-likeness (QED) is 0.894. The molecule has 0 aliphatic carbocycles. The van der Waals surface area contributed by atoms with Crippen molar-refractivity contribution in [2.45, 2.75) is 45.3 Å². The molecule has 0 bridgehead atoms. The summed E-state index contributed by atoms with van der Waals surface area (Å²) in [5, 5.41) is 12.3. The molecule has 1 aliphatic heterocycles. The number of hydrogen-bond acceptors (Lipinski definition) is 4. The second-order valence-electron chi connectivity index (χ2n) is 6.77. The average Bonchev–Trinajstić information content (AvgIpc) is 2.46. The number of hydrogen-bond donors (Lipinski definition) is 2. The summed E-state index contributed by atoms with van der Waals surface area (Å²) in [6.45, 7) is 6.89. The number of amides is 1. The van der Waals surface area contributed by atoms with Gasteiger partial charge in [0.2, 0.25) is 0 Å². The van der Waals surface area contributed by atoms with E-state index < -0.39 is 11.6 Å². The number of carboxylic acid groups (broad SMARTS) is 1. The van der Waals surface area contributed by atoms with E-state index in [0.29, 0.717) is 13.1 Å². The number of carbonyl (C=O) groups excluding carboxylic acids is 1. The van der Waals surface area contributed by atoms with Crippen LogP contribution in [0.25, 0.3) is 0 Å². The Morgan fingerprint density at radius 2 is 1.74 bits per heavy atom. The van der Waals surface area contributed by atoms with E-state index in [1.165, 1.54) is 0 Å². The highest BCUT2D eigenvalue weighted by Crippen LogP contribution is 2.19. The zero-order chi connectivity index (χ0) is 17.0. The minimum absolute atomic E-state index is 0.262. The number of anilines is 1. The number of likely N-dealkylation sites (tertiary alicyclic amines) is 1. The van der Waals surface area contributed by atoms with Crippen molar-refractivity contribution in [1.82, 2.24) is 4.90 Å². The van der Waals surface area contributed by atoms with Crippen molar-refractivity contribution >= 4 is 17.7 Å². The van der Waals surface area contributed by atoms with Crippen LogP contribution in [0.5, 0.6) is 0 Å². The standard InChI is InChI=1S/C17H24N2O4/c1-17(2,3)23-16(22)19-10-8-14(9-11-19)18-13-6-4-12(5-7-13)15(20)21/h4-7,14,18H,8-11H2,1-3H3,(H,20,21). The molecule has 23 heavy (non-hydrogen) atoms. The zero-order valence-electron chi connectivity index (χ0n) is 13.8. The number of rotatable bonds is 3. The van der Waals surface area contributed by atoms with Gasteiger partial charge in [0, 0.05) is 24.8 Å². The predicted molar refractivity (Wildman–Crippen MR) is 87.9 cm³/mol. The summed E-state index contributed by atoms with van der Waals surface area (Å²) in [4.78, 5) is 24.6. The van der Waals surface area contributed by atoms with Crippen LogP contribution in [0.15, 0.2) is 24.3 Å². The highest BCUT2D eigenvalue weighted by molar-refractivity contribution is 5.88. The van der Waals surface area contributed by atoms with Gasteiger partial charge in [0.05, 0.1) is 5.56 Å². The Bertz CT molecular complexity index is 555. The van der Waals surface area contributed by atoms with Crippen LogP contribution in [0.4, 0.5) is 10.5 Å². The van der Waals surface area contributed by atoms with Crippen LogP contribution in [0.3, 0.4) is 0 Å². The lowest BCUT2D eigenvalue weighted by Crippen LogP contribution is -2.44. The maximum Gasteiger partial charge on any atom is 0.410 e. The number of nitrogens with zero attached hydrogens (tertiary/aromatic N) is 1. The second kappa shape index (κ2) is 6.89. The molecule has 0 spiro atoms. The largest absolute Gasteiger partial charge is 0.478 e. The van der Waals surface area contributed by atoms with Crippen molar-refractivity contribution in [1.29, 1.82) is 0 Å². The summed E-state index contributed by atoms with van der Waals surface area (Å²) in [6.07, 6.45) is 1.40. The molecule has 1 aromatic rings. The highest BCUT2D eigenvalue weighted by Gasteiger charge is 2.26. The average molecular weight is 320 g/mol. The van der Waals surface area contributed by atoms with E-state index in [1.54, 1.807) is 29.2 Å². The van der Waals surface area contributed by atoms with Gasteiger partial charge in [-0.15, -0.1) is 0 Å². The molecular formula is C17H24N2O4. The van der Waals surface area contributed by atoms with E-state index in [2.05, 4.69) is 5.32 Å². The van der Waals surface area contributed by atoms with Crippen molar-refractivity contribution in [2.24, 2.45) is 0 Å². The van der Waals surface area contributed by atoms with Crippen LogP contribution in [0.1, 0.15) is 44.0 Å². The Morgan fingerprint density at radius 1 is 1.17 bits per heavy atom. The van der Waals surface area contributed by atoms with Crippen molar-refractivity contribution < 1.29 is 19.4 Å². The Morgan fingerprint density at radius 3 is 2.22 bits per heavy atom. The first-order valence-electron chi connectivity index (χ1n) is 7.82. The molecule has 1 aromatic carbocycles. The Labute approximate surface area is 136 Å². The van der Waals surface area contributed by atoms with E-state index in [9.17, 15) is 9.59 Å². The molecule has 6 nitrogen and oxygen atoms in total. The first-order chi connectivity index (χ1) is 10.7. The maximum absolute atomic E-state index is 12.0. The van der Waals surface area contributed by atoms with E-state index in [1.807, 2.05) is 20.8 Å². The summed E-state index contributed by atoms with van der Waals surface area (Å²) in [7, 11) is 0. The van der Waals surface area contributed by atoms with E-state index >= 15 is 0 Å². The fourth-order valence-electron chi connectivity index (χ4n) is 2.48. The monoisotopic (exact) mass is 320 g/mol. The second-order valence-corrected chi connectivity index (χ2v) is 6.77. The molecule has 1 amide bonds. The number of ether oxygens (including phenoxy) is 1. The number of carboxylic acids is 1. The van der Waals surface area contributed by atoms with Gasteiger partial charge in [0.15, 0.2) is 0 Å². The van der Waals surface area contributed by atoms with Gasteiger partial charge in [-0.1, -0.05) is 0 Å². The number of benzene rings is 1. The van der Waals surface area contributed by atoms with Gasteiger partial charge < -0.3 is 20.1 Å². The molecule has 0 aromatic heterocycles. The summed E-state index contributed by atoms with van der Waals surface area (Å²) >= 11 is 0. The highest BCUT2D eigenvalue weighted by atomic mass is 16.6. The Kier molecular flexibility index (Phi) is 5.13. The van der Waals surface area contributed by atoms with Crippen LogP contribution < -0.4 is 5.32 Å². The van der Waals surface area contributed by atoms with E-state index in [-0.39, 0.29) is 17.7 Å². The summed E-state index contributed by atoms with van der Waals surface area (Å²) in [5.41, 5.74) is 0.693. The topological polar surface area (TPSA) is 78.9 Å². The molecule has 0 saturated carbocycles. The summed E-state index contributed by atoms with van der Waals surface area (Å²) < 4.78 is 5.38. The molecule has 1 saturated heterocycles. The lowest BCUT2D eigenvalue weighted by Gasteiger charge is -2.34. The SMILES string of the molecule is CC(C)(C)OC(=O)N1CCC(Nc2ccc(C(=O)O)cc2)CC1. The third kappa shape index (κ3) is 5.16. The number of carbonyl (C=O) groups is 2. The molecule has 1 heterocycles. The lowest BCUT2D eigenvalue weighted by atomic mass is 10.0. The van der Waals surface area contributed by atoms with Gasteiger partial charge in [-0.25, -0.2) is 9.59 Å². The van der Waals surface area contributed by atoms with Gasteiger partial charge in [-0.05, 0) is 57.9 Å². The number of piperidine rings is 1. The molecule has 0 radical (unpaired) electrons. The summed E-state index contributed by atoms with van der Waals surface area (Å²) in [5.74, 6) is -0.929. The smallest absolute Gasteiger partial charge is 0.410 e. The first-order valence-corrected chi connectivity index (χ1v) is 7.82. The van der Waals surface area contributed by atoms with Crippen molar-refractivity contribution in [2.75, 3.05) is 18.4 Å². The fourth-order valence-corrected chi connectivity index (χ4v) is 2.48. The van der Waals surface area contributed by atoms with Crippen LogP contribution >= 0.6 is 0 Å². The molecule has 0 unspecified atom stereocenters. The maximum atomic E-state index is 12.0. The molecule has 2 rings (SSSR count). The Balaban J connectivity index is 1.82. The van der Waals surface area contributed by atoms with Gasteiger partial charge in [0.25, 0.3) is 0 Å². The molecule has 1 aliphatic rings. The van der Waals surface area contributed by atoms with Crippen molar-refractivity contribution in [3.8, 4) is 0 Å². The fraction of sp³-hybridized carbons (Fsp3) is 0.529. The molecule has 2 N–H and O–H groups in total. The number of aromatic carboxylic acids is 1. The zero-order valence-corrected chi connectivity index (χ0v) is 13.8. The van der Waals surface area contributed by atoms with Gasteiger partial charge in [0.1, 0.15) is 5.60 Å². The van der Waals surface area contributed by atoms with Crippen LogP contribution in [0, 0.1) is 0 Å². The predicted octanol–water partition coefficient (Wildman–Crippen LogP) is 3.20.